The van der Waals surface area contributed by atoms with E-state index in [0.717, 1.165) is 59.3 Å². The maximum Gasteiger partial charge on any atom is 0.410 e. The van der Waals surface area contributed by atoms with Crippen molar-refractivity contribution in [3.63, 3.8) is 0 Å². The molecular weight excluding hydrogens is 636 g/mol. The van der Waals surface area contributed by atoms with E-state index in [1.165, 1.54) is 0 Å². The van der Waals surface area contributed by atoms with E-state index in [2.05, 4.69) is 19.9 Å². The number of aromatic amines is 2. The topological polar surface area (TPSA) is 157 Å². The molecule has 0 aliphatic carbocycles. The Morgan fingerprint density at radius 3 is 1.48 bits per heavy atom. The summed E-state index contributed by atoms with van der Waals surface area (Å²) in [6, 6.07) is 11.2. The molecule has 0 radical (unpaired) electrons. The Morgan fingerprint density at radius 2 is 1.12 bits per heavy atom. The number of carbonyl (C=O) groups is 2. The molecular formula is C38H48N6O6. The van der Waals surface area contributed by atoms with Crippen molar-refractivity contribution in [2.45, 2.75) is 104 Å². The zero-order valence-electron chi connectivity index (χ0n) is 29.7. The molecule has 2 aliphatic heterocycles. The molecule has 2 fully saturated rings. The second-order valence-corrected chi connectivity index (χ2v) is 15.1. The monoisotopic (exact) mass is 684 g/mol. The average Bonchev–Trinajstić information content (AvgIpc) is 3.88. The van der Waals surface area contributed by atoms with Crippen LogP contribution in [0.3, 0.4) is 0 Å². The number of benzene rings is 2. The van der Waals surface area contributed by atoms with Gasteiger partial charge < -0.3 is 29.7 Å². The maximum absolute atomic E-state index is 12.9. The van der Waals surface area contributed by atoms with Gasteiger partial charge in [0.2, 0.25) is 0 Å². The highest BCUT2D eigenvalue weighted by atomic mass is 16.6. The standard InChI is InChI=1S/C38H48N6O6/c1-37(2,3)49-35(47)43-15-7-9-31(43)33-39-19-29(41-33)23-11-13-27(25(17-23)21-45)28-14-12-24(18-26(28)22-46)30-20-40-34(42-30)32-10-8-16-44(32)36(48)50-38(4,5)6/h11-14,17-20,31-32,45-46H,7-10,15-16,21-22H2,1-6H3,(H,39,41)(H,40,42)/t31-,32-/m0/s1. The van der Waals surface area contributed by atoms with E-state index in [1.54, 1.807) is 22.2 Å². The molecule has 2 aromatic carbocycles. The lowest BCUT2D eigenvalue weighted by molar-refractivity contribution is 0.0208. The average molecular weight is 685 g/mol. The number of H-pyrrole nitrogens is 2. The number of likely N-dealkylation sites (tertiary alicyclic amines) is 2. The van der Waals surface area contributed by atoms with Gasteiger partial charge in [-0.1, -0.05) is 24.3 Å². The van der Waals surface area contributed by atoms with Crippen molar-refractivity contribution in [1.82, 2.24) is 29.7 Å². The molecule has 2 atom stereocenters. The molecule has 50 heavy (non-hydrogen) atoms. The Morgan fingerprint density at radius 1 is 0.720 bits per heavy atom. The van der Waals surface area contributed by atoms with E-state index >= 15 is 0 Å². The van der Waals surface area contributed by atoms with Crippen molar-refractivity contribution in [3.8, 4) is 33.6 Å². The summed E-state index contributed by atoms with van der Waals surface area (Å²) in [5.74, 6) is 1.40. The molecule has 6 rings (SSSR count). The lowest BCUT2D eigenvalue weighted by Crippen LogP contribution is -2.36. The van der Waals surface area contributed by atoms with Crippen LogP contribution in [0.15, 0.2) is 48.8 Å². The first-order valence-corrected chi connectivity index (χ1v) is 17.3. The molecule has 2 saturated heterocycles. The third kappa shape index (κ3) is 7.56. The summed E-state index contributed by atoms with van der Waals surface area (Å²) in [5.41, 5.74) is 5.09. The molecule has 0 spiro atoms. The van der Waals surface area contributed by atoms with Crippen LogP contribution >= 0.6 is 0 Å². The number of hydrogen-bond acceptors (Lipinski definition) is 8. The van der Waals surface area contributed by atoms with Crippen LogP contribution in [0.4, 0.5) is 9.59 Å². The Kier molecular flexibility index (Phi) is 9.78. The minimum Gasteiger partial charge on any atom is -0.444 e. The molecule has 12 heteroatoms. The number of amides is 2. The zero-order chi connectivity index (χ0) is 35.8. The van der Waals surface area contributed by atoms with Gasteiger partial charge in [0.05, 0.1) is 49.1 Å². The van der Waals surface area contributed by atoms with Gasteiger partial charge in [-0.15, -0.1) is 0 Å². The zero-order valence-corrected chi connectivity index (χ0v) is 29.7. The summed E-state index contributed by atoms with van der Waals surface area (Å²) in [6.07, 6.45) is 6.12. The van der Waals surface area contributed by atoms with Crippen molar-refractivity contribution < 1.29 is 29.3 Å². The van der Waals surface area contributed by atoms with Gasteiger partial charge in [0, 0.05) is 13.1 Å². The fourth-order valence-corrected chi connectivity index (χ4v) is 6.80. The molecule has 4 N–H and O–H groups in total. The van der Waals surface area contributed by atoms with Crippen LogP contribution < -0.4 is 0 Å². The fourth-order valence-electron chi connectivity index (χ4n) is 6.80. The number of carbonyl (C=O) groups excluding carboxylic acids is 2. The van der Waals surface area contributed by atoms with Crippen molar-refractivity contribution >= 4 is 12.2 Å². The van der Waals surface area contributed by atoms with Crippen LogP contribution in [0, 0.1) is 0 Å². The van der Waals surface area contributed by atoms with Gasteiger partial charge in [-0.3, -0.25) is 9.80 Å². The number of ether oxygens (including phenoxy) is 2. The summed E-state index contributed by atoms with van der Waals surface area (Å²) in [7, 11) is 0. The molecule has 2 aliphatic rings. The van der Waals surface area contributed by atoms with Crippen molar-refractivity contribution in [1.29, 1.82) is 0 Å². The number of nitrogens with zero attached hydrogens (tertiary/aromatic N) is 4. The third-order valence-electron chi connectivity index (χ3n) is 9.05. The SMILES string of the molecule is CC(C)(C)OC(=O)N1CCC[C@H]1c1ncc(-c2ccc(-c3ccc(-c4cnc([C@@H]5CCCN5C(=O)OC(C)(C)C)[nH]4)cc3CO)c(CO)c2)[nH]1. The van der Waals surface area contributed by atoms with Crippen LogP contribution in [0.1, 0.15) is 102 Å². The maximum atomic E-state index is 12.9. The van der Waals surface area contributed by atoms with E-state index in [0.29, 0.717) is 35.9 Å². The highest BCUT2D eigenvalue weighted by Gasteiger charge is 2.36. The second kappa shape index (κ2) is 13.9. The minimum absolute atomic E-state index is 0.200. The van der Waals surface area contributed by atoms with Gasteiger partial charge in [-0.25, -0.2) is 19.6 Å². The first kappa shape index (κ1) is 35.2. The molecule has 2 aromatic heterocycles. The van der Waals surface area contributed by atoms with E-state index < -0.39 is 11.2 Å². The highest BCUT2D eigenvalue weighted by molar-refractivity contribution is 5.77. The van der Waals surface area contributed by atoms with E-state index in [-0.39, 0.29) is 37.5 Å². The normalized spacial score (nSPS) is 18.2. The van der Waals surface area contributed by atoms with Crippen LogP contribution in [0.2, 0.25) is 0 Å². The molecule has 4 heterocycles. The molecule has 0 unspecified atom stereocenters. The van der Waals surface area contributed by atoms with Gasteiger partial charge in [-0.2, -0.15) is 0 Å². The second-order valence-electron chi connectivity index (χ2n) is 15.1. The Bertz CT molecular complexity index is 1720. The van der Waals surface area contributed by atoms with Crippen LogP contribution in [-0.2, 0) is 22.7 Å². The predicted octanol–water partition coefficient (Wildman–Crippen LogP) is 7.26. The van der Waals surface area contributed by atoms with Crippen molar-refractivity contribution in [3.05, 3.63) is 71.6 Å². The Hall–Kier alpha value is -4.68. The molecule has 0 saturated carbocycles. The van der Waals surface area contributed by atoms with E-state index in [4.69, 9.17) is 9.47 Å². The fraction of sp³-hybridized carbons (Fsp3) is 0.474. The lowest BCUT2D eigenvalue weighted by atomic mass is 9.92. The third-order valence-corrected chi connectivity index (χ3v) is 9.05. The lowest BCUT2D eigenvalue weighted by Gasteiger charge is -2.27. The van der Waals surface area contributed by atoms with Gasteiger partial charge in [0.25, 0.3) is 0 Å². The summed E-state index contributed by atoms with van der Waals surface area (Å²) in [4.78, 5) is 45.2. The van der Waals surface area contributed by atoms with E-state index in [1.807, 2.05) is 77.9 Å². The molecule has 0 bridgehead atoms. The summed E-state index contributed by atoms with van der Waals surface area (Å²) >= 11 is 0. The van der Waals surface area contributed by atoms with Gasteiger partial charge >= 0.3 is 12.2 Å². The van der Waals surface area contributed by atoms with Crippen LogP contribution in [0.25, 0.3) is 33.6 Å². The molecule has 266 valence electrons. The summed E-state index contributed by atoms with van der Waals surface area (Å²) in [6.45, 7) is 12.0. The van der Waals surface area contributed by atoms with Gasteiger partial charge in [0.15, 0.2) is 0 Å². The minimum atomic E-state index is -0.581. The first-order valence-electron chi connectivity index (χ1n) is 17.3. The van der Waals surface area contributed by atoms with Crippen molar-refractivity contribution in [2.75, 3.05) is 13.1 Å². The highest BCUT2D eigenvalue weighted by Crippen LogP contribution is 2.37. The number of rotatable bonds is 7. The van der Waals surface area contributed by atoms with Crippen LogP contribution in [0.5, 0.6) is 0 Å². The largest absolute Gasteiger partial charge is 0.444 e. The van der Waals surface area contributed by atoms with Gasteiger partial charge in [0.1, 0.15) is 22.9 Å². The van der Waals surface area contributed by atoms with E-state index in [9.17, 15) is 19.8 Å². The molecule has 2 amide bonds. The first-order chi connectivity index (χ1) is 23.7. The number of hydrogen-bond donors (Lipinski definition) is 4. The number of nitrogens with one attached hydrogen (secondary N) is 2. The summed E-state index contributed by atoms with van der Waals surface area (Å²) < 4.78 is 11.3. The number of aliphatic hydroxyl groups excluding tert-OH is 2. The Balaban J connectivity index is 1.21. The summed E-state index contributed by atoms with van der Waals surface area (Å²) in [5, 5.41) is 20.9. The quantitative estimate of drug-likeness (QED) is 0.158. The van der Waals surface area contributed by atoms with Gasteiger partial charge in [-0.05, 0) is 113 Å². The number of imidazole rings is 2. The smallest absolute Gasteiger partial charge is 0.410 e. The van der Waals surface area contributed by atoms with Crippen LogP contribution in [-0.4, -0.2) is 76.4 Å². The molecule has 12 nitrogen and oxygen atoms in total. The Labute approximate surface area is 292 Å². The number of aromatic nitrogens is 4. The molecule has 4 aromatic rings. The number of aliphatic hydroxyl groups is 2. The predicted molar refractivity (Wildman–Crippen MR) is 189 cm³/mol. The van der Waals surface area contributed by atoms with Crippen molar-refractivity contribution in [2.24, 2.45) is 0 Å².